The minimum atomic E-state index is -0.110. The Morgan fingerprint density at radius 2 is 2.09 bits per heavy atom. The maximum atomic E-state index is 12.1. The van der Waals surface area contributed by atoms with Crippen molar-refractivity contribution in [3.63, 3.8) is 0 Å². The van der Waals surface area contributed by atoms with Crippen molar-refractivity contribution in [2.75, 3.05) is 0 Å². The van der Waals surface area contributed by atoms with E-state index in [1.807, 2.05) is 25.1 Å². The minimum absolute atomic E-state index is 0.0276. The number of aromatic nitrogens is 5. The first-order chi connectivity index (χ1) is 10.7. The van der Waals surface area contributed by atoms with Gasteiger partial charge < -0.3 is 4.98 Å². The molecule has 3 aromatic rings. The lowest BCUT2D eigenvalue weighted by atomic mass is 10.2. The van der Waals surface area contributed by atoms with Crippen molar-refractivity contribution in [2.24, 2.45) is 0 Å². The molecular weight excluding hydrogens is 298 g/mol. The van der Waals surface area contributed by atoms with E-state index >= 15 is 0 Å². The van der Waals surface area contributed by atoms with E-state index in [0.29, 0.717) is 27.8 Å². The van der Waals surface area contributed by atoms with Crippen LogP contribution in [0.5, 0.6) is 0 Å². The van der Waals surface area contributed by atoms with E-state index in [0.717, 1.165) is 5.82 Å². The Kier molecular flexibility index (Phi) is 3.22. The van der Waals surface area contributed by atoms with Crippen molar-refractivity contribution in [3.05, 3.63) is 46.3 Å². The third kappa shape index (κ3) is 2.52. The number of fused-ring (bicyclic) bond motifs is 1. The first-order valence-electron chi connectivity index (χ1n) is 7.28. The van der Waals surface area contributed by atoms with Crippen LogP contribution in [-0.2, 0) is 0 Å². The van der Waals surface area contributed by atoms with Gasteiger partial charge in [-0.25, -0.2) is 9.97 Å². The van der Waals surface area contributed by atoms with Crippen LogP contribution in [0, 0.1) is 0 Å². The van der Waals surface area contributed by atoms with Crippen LogP contribution < -0.4 is 5.56 Å². The van der Waals surface area contributed by atoms with E-state index in [2.05, 4.69) is 25.1 Å². The van der Waals surface area contributed by atoms with Gasteiger partial charge in [-0.1, -0.05) is 23.9 Å². The number of hydrogen-bond acceptors (Lipinski definition) is 5. The number of nitrogens with one attached hydrogen (secondary N) is 2. The number of aromatic amines is 2. The largest absolute Gasteiger partial charge is 0.309 e. The van der Waals surface area contributed by atoms with Crippen LogP contribution in [0.1, 0.15) is 42.6 Å². The van der Waals surface area contributed by atoms with Gasteiger partial charge in [-0.3, -0.25) is 9.89 Å². The zero-order valence-electron chi connectivity index (χ0n) is 12.0. The highest BCUT2D eigenvalue weighted by Gasteiger charge is 2.27. The fraction of sp³-hybridized carbons (Fsp3) is 0.333. The Bertz CT molecular complexity index is 883. The average molecular weight is 313 g/mol. The lowest BCUT2D eigenvalue weighted by molar-refractivity contribution is 0.904. The molecule has 1 fully saturated rings. The van der Waals surface area contributed by atoms with Gasteiger partial charge in [0.25, 0.3) is 5.56 Å². The first-order valence-corrected chi connectivity index (χ1v) is 8.16. The molecule has 1 aromatic carbocycles. The van der Waals surface area contributed by atoms with Crippen molar-refractivity contribution in [3.8, 4) is 0 Å². The molecule has 7 heteroatoms. The van der Waals surface area contributed by atoms with E-state index < -0.39 is 0 Å². The minimum Gasteiger partial charge on any atom is -0.309 e. The molecule has 112 valence electrons. The Morgan fingerprint density at radius 1 is 1.27 bits per heavy atom. The van der Waals surface area contributed by atoms with Crippen LogP contribution >= 0.6 is 11.8 Å². The van der Waals surface area contributed by atoms with Crippen molar-refractivity contribution in [1.29, 1.82) is 0 Å². The Labute approximate surface area is 130 Å². The van der Waals surface area contributed by atoms with Gasteiger partial charge in [-0.2, -0.15) is 0 Å². The summed E-state index contributed by atoms with van der Waals surface area (Å²) in [7, 11) is 0. The summed E-state index contributed by atoms with van der Waals surface area (Å²) in [6, 6.07) is 7.35. The smallest absolute Gasteiger partial charge is 0.258 e. The number of thioether (sulfide) groups is 1. The highest BCUT2D eigenvalue weighted by atomic mass is 32.2. The topological polar surface area (TPSA) is 87.3 Å². The molecule has 1 saturated carbocycles. The quantitative estimate of drug-likeness (QED) is 0.723. The first kappa shape index (κ1) is 13.5. The Morgan fingerprint density at radius 3 is 2.91 bits per heavy atom. The predicted octanol–water partition coefficient (Wildman–Crippen LogP) is 2.77. The molecule has 2 aromatic heterocycles. The average Bonchev–Trinajstić information content (AvgIpc) is 3.27. The maximum Gasteiger partial charge on any atom is 0.258 e. The molecule has 1 atom stereocenters. The van der Waals surface area contributed by atoms with E-state index in [1.54, 1.807) is 6.07 Å². The molecule has 0 radical (unpaired) electrons. The van der Waals surface area contributed by atoms with Gasteiger partial charge in [0.1, 0.15) is 11.6 Å². The lowest BCUT2D eigenvalue weighted by Crippen LogP contribution is -2.12. The molecule has 1 aliphatic carbocycles. The highest BCUT2D eigenvalue weighted by Crippen LogP contribution is 2.39. The Hall–Kier alpha value is -2.15. The SMILES string of the molecule is C[C@H](Sc1n[nH]c(C2CC2)n1)c1nc2ccccc2c(=O)[nH]1. The number of para-hydroxylation sites is 1. The van der Waals surface area contributed by atoms with Crippen LogP contribution in [0.25, 0.3) is 10.9 Å². The molecular formula is C15H15N5OS. The highest BCUT2D eigenvalue weighted by molar-refractivity contribution is 7.99. The fourth-order valence-electron chi connectivity index (χ4n) is 2.36. The molecule has 1 aliphatic rings. The molecule has 2 heterocycles. The molecule has 0 amide bonds. The van der Waals surface area contributed by atoms with Gasteiger partial charge in [0.05, 0.1) is 16.2 Å². The summed E-state index contributed by atoms with van der Waals surface area (Å²) in [6.07, 6.45) is 2.38. The number of nitrogens with zero attached hydrogens (tertiary/aromatic N) is 3. The van der Waals surface area contributed by atoms with Crippen molar-refractivity contribution < 1.29 is 0 Å². The number of rotatable bonds is 4. The van der Waals surface area contributed by atoms with Gasteiger partial charge in [-0.15, -0.1) is 5.10 Å². The molecule has 22 heavy (non-hydrogen) atoms. The summed E-state index contributed by atoms with van der Waals surface area (Å²) in [5.74, 6) is 2.16. The van der Waals surface area contributed by atoms with Gasteiger partial charge in [-0.05, 0) is 31.9 Å². The lowest BCUT2D eigenvalue weighted by Gasteiger charge is -2.08. The zero-order valence-corrected chi connectivity index (χ0v) is 12.9. The maximum absolute atomic E-state index is 12.1. The summed E-state index contributed by atoms with van der Waals surface area (Å²) in [6.45, 7) is 1.99. The molecule has 0 bridgehead atoms. The third-order valence-electron chi connectivity index (χ3n) is 3.74. The van der Waals surface area contributed by atoms with Crippen LogP contribution in [0.3, 0.4) is 0 Å². The number of hydrogen-bond donors (Lipinski definition) is 2. The summed E-state index contributed by atoms with van der Waals surface area (Å²) in [4.78, 5) is 24.0. The van der Waals surface area contributed by atoms with Crippen LogP contribution in [0.2, 0.25) is 0 Å². The molecule has 0 aliphatic heterocycles. The van der Waals surface area contributed by atoms with Gasteiger partial charge in [0.15, 0.2) is 0 Å². The summed E-state index contributed by atoms with van der Waals surface area (Å²) < 4.78 is 0. The van der Waals surface area contributed by atoms with Crippen LogP contribution in [0.15, 0.2) is 34.2 Å². The van der Waals surface area contributed by atoms with Crippen molar-refractivity contribution in [2.45, 2.75) is 36.1 Å². The van der Waals surface area contributed by atoms with E-state index in [1.165, 1.54) is 24.6 Å². The number of benzene rings is 1. The van der Waals surface area contributed by atoms with Crippen LogP contribution in [-0.4, -0.2) is 25.1 Å². The standard InChI is InChI=1S/C15H15N5OS/c1-8(22-15-18-13(19-20-15)9-6-7-9)12-16-11-5-3-2-4-10(11)14(21)17-12/h2-5,8-9H,6-7H2,1H3,(H,16,17,21)(H,18,19,20)/t8-/m0/s1. The molecule has 4 rings (SSSR count). The second-order valence-electron chi connectivity index (χ2n) is 5.51. The molecule has 2 N–H and O–H groups in total. The molecule has 0 spiro atoms. The monoisotopic (exact) mass is 313 g/mol. The molecule has 6 nitrogen and oxygen atoms in total. The van der Waals surface area contributed by atoms with Crippen molar-refractivity contribution in [1.82, 2.24) is 25.1 Å². The van der Waals surface area contributed by atoms with Crippen LogP contribution in [0.4, 0.5) is 0 Å². The van der Waals surface area contributed by atoms with Gasteiger partial charge in [0.2, 0.25) is 5.16 Å². The summed E-state index contributed by atoms with van der Waals surface area (Å²) >= 11 is 1.49. The van der Waals surface area contributed by atoms with Gasteiger partial charge >= 0.3 is 0 Å². The summed E-state index contributed by atoms with van der Waals surface area (Å²) in [5, 5.41) is 8.51. The zero-order chi connectivity index (χ0) is 15.1. The van der Waals surface area contributed by atoms with E-state index in [4.69, 9.17) is 0 Å². The number of H-pyrrole nitrogens is 2. The van der Waals surface area contributed by atoms with E-state index in [9.17, 15) is 4.79 Å². The Balaban J connectivity index is 1.61. The fourth-order valence-corrected chi connectivity index (χ4v) is 3.15. The third-order valence-corrected chi connectivity index (χ3v) is 4.71. The summed E-state index contributed by atoms with van der Waals surface area (Å²) in [5.41, 5.74) is 0.601. The van der Waals surface area contributed by atoms with Crippen molar-refractivity contribution >= 4 is 22.7 Å². The second-order valence-corrected chi connectivity index (χ2v) is 6.81. The molecule has 0 saturated heterocycles. The van der Waals surface area contributed by atoms with E-state index in [-0.39, 0.29) is 10.8 Å². The second kappa shape index (κ2) is 5.24. The van der Waals surface area contributed by atoms with Gasteiger partial charge in [0, 0.05) is 5.92 Å². The predicted molar refractivity (Wildman–Crippen MR) is 85.0 cm³/mol. The molecule has 0 unspecified atom stereocenters. The normalized spacial score (nSPS) is 16.0.